The van der Waals surface area contributed by atoms with E-state index >= 15 is 0 Å². The fourth-order valence-electron chi connectivity index (χ4n) is 2.99. The summed E-state index contributed by atoms with van der Waals surface area (Å²) in [5.74, 6) is 0.0117. The van der Waals surface area contributed by atoms with E-state index in [-0.39, 0.29) is 5.91 Å². The lowest BCUT2D eigenvalue weighted by atomic mass is 9.93. The normalized spacial score (nSPS) is 16.9. The van der Waals surface area contributed by atoms with Crippen LogP contribution in [0, 0.1) is 0 Å². The smallest absolute Gasteiger partial charge is 0.251 e. The zero-order chi connectivity index (χ0) is 14.9. The number of fused-ring (bicyclic) bond motifs is 1. The molecule has 0 saturated heterocycles. The quantitative estimate of drug-likeness (QED) is 0.913. The van der Waals surface area contributed by atoms with Crippen LogP contribution in [0.3, 0.4) is 0 Å². The number of hydrogen-bond acceptors (Lipinski definition) is 3. The summed E-state index contributed by atoms with van der Waals surface area (Å²) >= 11 is 0. The second-order valence-corrected chi connectivity index (χ2v) is 6.05. The number of nitrogens with one attached hydrogen (secondary N) is 2. The molecule has 4 rings (SSSR count). The Morgan fingerprint density at radius 2 is 2.18 bits per heavy atom. The number of hydrogen-bond donors (Lipinski definition) is 2. The topological polar surface area (TPSA) is 54.0 Å². The molecule has 2 aromatic rings. The average molecular weight is 293 g/mol. The highest BCUT2D eigenvalue weighted by Gasteiger charge is 2.24. The van der Waals surface area contributed by atoms with Crippen LogP contribution in [-0.2, 0) is 13.0 Å². The van der Waals surface area contributed by atoms with Crippen LogP contribution in [0.15, 0.2) is 36.5 Å². The van der Waals surface area contributed by atoms with Gasteiger partial charge in [-0.15, -0.1) is 0 Å². The first-order valence-electron chi connectivity index (χ1n) is 7.90. The zero-order valence-corrected chi connectivity index (χ0v) is 12.4. The Bertz CT molecular complexity index is 722. The van der Waals surface area contributed by atoms with Gasteiger partial charge in [-0.1, -0.05) is 18.2 Å². The summed E-state index contributed by atoms with van der Waals surface area (Å²) in [5.41, 5.74) is 5.43. The first-order valence-corrected chi connectivity index (χ1v) is 7.90. The number of carbonyl (C=O) groups excluding carboxylic acids is 1. The number of pyridine rings is 1. The molecule has 4 heteroatoms. The highest BCUT2D eigenvalue weighted by Crippen LogP contribution is 2.27. The van der Waals surface area contributed by atoms with Gasteiger partial charge in [0.2, 0.25) is 0 Å². The fourth-order valence-corrected chi connectivity index (χ4v) is 2.99. The number of rotatable bonds is 3. The van der Waals surface area contributed by atoms with E-state index in [0.29, 0.717) is 11.6 Å². The third-order valence-corrected chi connectivity index (χ3v) is 4.35. The van der Waals surface area contributed by atoms with Crippen molar-refractivity contribution in [3.63, 3.8) is 0 Å². The highest BCUT2D eigenvalue weighted by molar-refractivity contribution is 5.95. The van der Waals surface area contributed by atoms with Gasteiger partial charge in [-0.25, -0.2) is 0 Å². The van der Waals surface area contributed by atoms with Crippen molar-refractivity contribution in [2.75, 3.05) is 6.54 Å². The van der Waals surface area contributed by atoms with Crippen LogP contribution in [0.25, 0.3) is 11.3 Å². The largest absolute Gasteiger partial charge is 0.349 e. The Hall–Kier alpha value is -2.20. The maximum Gasteiger partial charge on any atom is 0.251 e. The molecule has 0 radical (unpaired) electrons. The molecular weight excluding hydrogens is 274 g/mol. The molecule has 1 aromatic heterocycles. The van der Waals surface area contributed by atoms with Crippen LogP contribution in [0.1, 0.15) is 34.3 Å². The molecule has 1 saturated carbocycles. The molecule has 2 aliphatic rings. The molecule has 0 unspecified atom stereocenters. The van der Waals surface area contributed by atoms with Crippen molar-refractivity contribution >= 4 is 5.91 Å². The summed E-state index contributed by atoms with van der Waals surface area (Å²) in [6.45, 7) is 1.90. The van der Waals surface area contributed by atoms with E-state index in [2.05, 4.69) is 33.8 Å². The molecule has 1 aliphatic carbocycles. The van der Waals surface area contributed by atoms with E-state index in [0.717, 1.165) is 43.6 Å². The van der Waals surface area contributed by atoms with E-state index in [1.54, 1.807) is 12.3 Å². The van der Waals surface area contributed by atoms with Crippen LogP contribution in [0.4, 0.5) is 0 Å². The molecule has 22 heavy (non-hydrogen) atoms. The van der Waals surface area contributed by atoms with Crippen molar-refractivity contribution in [2.24, 2.45) is 0 Å². The monoisotopic (exact) mass is 293 g/mol. The summed E-state index contributed by atoms with van der Waals surface area (Å²) in [4.78, 5) is 16.7. The summed E-state index contributed by atoms with van der Waals surface area (Å²) in [6, 6.07) is 10.4. The Balaban J connectivity index is 1.69. The van der Waals surface area contributed by atoms with Crippen molar-refractivity contribution in [3.05, 3.63) is 53.2 Å². The highest BCUT2D eigenvalue weighted by atomic mass is 16.1. The van der Waals surface area contributed by atoms with Crippen molar-refractivity contribution in [2.45, 2.75) is 31.8 Å². The molecule has 1 amide bonds. The second kappa shape index (κ2) is 5.54. The Morgan fingerprint density at radius 3 is 3.05 bits per heavy atom. The molecule has 4 nitrogen and oxygen atoms in total. The van der Waals surface area contributed by atoms with Crippen LogP contribution in [0.2, 0.25) is 0 Å². The molecule has 2 heterocycles. The molecule has 1 aromatic carbocycles. The maximum absolute atomic E-state index is 12.2. The SMILES string of the molecule is O=C(NC1CC1)c1ccnc(-c2cccc3c2CCNC3)c1. The fraction of sp³-hybridized carbons (Fsp3) is 0.333. The minimum Gasteiger partial charge on any atom is -0.349 e. The first-order chi connectivity index (χ1) is 10.8. The summed E-state index contributed by atoms with van der Waals surface area (Å²) in [7, 11) is 0. The van der Waals surface area contributed by atoms with Gasteiger partial charge in [0.1, 0.15) is 0 Å². The standard InChI is InChI=1S/C18H19N3O/c22-18(21-14-4-5-14)12-6-9-20-17(10-12)16-3-1-2-13-11-19-8-7-15(13)16/h1-3,6,9-10,14,19H,4-5,7-8,11H2,(H,21,22). The van der Waals surface area contributed by atoms with E-state index < -0.39 is 0 Å². The van der Waals surface area contributed by atoms with Gasteiger partial charge in [-0.3, -0.25) is 9.78 Å². The predicted octanol–water partition coefficient (Wildman–Crippen LogP) is 2.29. The van der Waals surface area contributed by atoms with Crippen molar-refractivity contribution in [1.82, 2.24) is 15.6 Å². The minimum absolute atomic E-state index is 0.0117. The van der Waals surface area contributed by atoms with Crippen LogP contribution >= 0.6 is 0 Å². The lowest BCUT2D eigenvalue weighted by Crippen LogP contribution is -2.25. The number of amides is 1. The third kappa shape index (κ3) is 2.62. The predicted molar refractivity (Wildman–Crippen MR) is 85.6 cm³/mol. The van der Waals surface area contributed by atoms with Gasteiger partial charge in [0.15, 0.2) is 0 Å². The Kier molecular flexibility index (Phi) is 3.39. The van der Waals surface area contributed by atoms with E-state index in [1.165, 1.54) is 11.1 Å². The second-order valence-electron chi connectivity index (χ2n) is 6.05. The molecule has 0 bridgehead atoms. The lowest BCUT2D eigenvalue weighted by molar-refractivity contribution is 0.0951. The average Bonchev–Trinajstić information content (AvgIpc) is 3.38. The lowest BCUT2D eigenvalue weighted by Gasteiger charge is -2.20. The number of aromatic nitrogens is 1. The molecular formula is C18H19N3O. The van der Waals surface area contributed by atoms with Crippen LogP contribution < -0.4 is 10.6 Å². The molecule has 1 aliphatic heterocycles. The first kappa shape index (κ1) is 13.5. The van der Waals surface area contributed by atoms with Gasteiger partial charge in [-0.05, 0) is 49.1 Å². The number of benzene rings is 1. The Morgan fingerprint density at radius 1 is 1.27 bits per heavy atom. The third-order valence-electron chi connectivity index (χ3n) is 4.35. The van der Waals surface area contributed by atoms with Gasteiger partial charge in [0.05, 0.1) is 5.69 Å². The van der Waals surface area contributed by atoms with Crippen LogP contribution in [0.5, 0.6) is 0 Å². The van der Waals surface area contributed by atoms with Gasteiger partial charge in [0.25, 0.3) is 5.91 Å². The molecule has 1 fully saturated rings. The van der Waals surface area contributed by atoms with Gasteiger partial charge < -0.3 is 10.6 Å². The van der Waals surface area contributed by atoms with Crippen molar-refractivity contribution in [3.8, 4) is 11.3 Å². The van der Waals surface area contributed by atoms with Crippen molar-refractivity contribution < 1.29 is 4.79 Å². The molecule has 0 spiro atoms. The zero-order valence-electron chi connectivity index (χ0n) is 12.4. The molecule has 112 valence electrons. The number of nitrogens with zero attached hydrogens (tertiary/aromatic N) is 1. The summed E-state index contributed by atoms with van der Waals surface area (Å²) < 4.78 is 0. The number of carbonyl (C=O) groups is 1. The molecule has 2 N–H and O–H groups in total. The van der Waals surface area contributed by atoms with Gasteiger partial charge >= 0.3 is 0 Å². The summed E-state index contributed by atoms with van der Waals surface area (Å²) in [5, 5.41) is 6.43. The van der Waals surface area contributed by atoms with E-state index in [1.807, 2.05) is 6.07 Å². The minimum atomic E-state index is 0.0117. The van der Waals surface area contributed by atoms with Gasteiger partial charge in [0, 0.05) is 29.9 Å². The summed E-state index contributed by atoms with van der Waals surface area (Å²) in [6.07, 6.45) is 4.94. The van der Waals surface area contributed by atoms with E-state index in [4.69, 9.17) is 0 Å². The van der Waals surface area contributed by atoms with Gasteiger partial charge in [-0.2, -0.15) is 0 Å². The Labute approximate surface area is 130 Å². The molecule has 0 atom stereocenters. The van der Waals surface area contributed by atoms with Crippen LogP contribution in [-0.4, -0.2) is 23.5 Å². The van der Waals surface area contributed by atoms with Crippen molar-refractivity contribution in [1.29, 1.82) is 0 Å². The maximum atomic E-state index is 12.2. The van der Waals surface area contributed by atoms with E-state index in [9.17, 15) is 4.79 Å².